The largest absolute Gasteiger partial charge is 3.00 e. The van der Waals surface area contributed by atoms with Gasteiger partial charge < -0.3 is 11.0 Å². The summed E-state index contributed by atoms with van der Waals surface area (Å²) in [7, 11) is 0. The van der Waals surface area contributed by atoms with Gasteiger partial charge in [0.15, 0.2) is 0 Å². The maximum atomic E-state index is 0. The Balaban J connectivity index is 0. The van der Waals surface area contributed by atoms with Gasteiger partial charge in [-0.2, -0.15) is 0 Å². The SMILES string of the molecule is [Al+3].[Li+].[O-2].[O-2].[SiH4]. The average molecular weight is 98.0 g/mol. The average Bonchev–Trinajstić information content (AvgIpc) is 0. The maximum absolute atomic E-state index is 0. The zero-order valence-electron chi connectivity index (χ0n) is 2.39. The second-order valence-electron chi connectivity index (χ2n) is 0. The molecular formula is H4AlLiO2Si. The monoisotopic (exact) mass is 98.0 g/mol. The van der Waals surface area contributed by atoms with Crippen LogP contribution in [-0.2, 0) is 11.0 Å². The van der Waals surface area contributed by atoms with Crippen molar-refractivity contribution in [3.05, 3.63) is 0 Å². The first kappa shape index (κ1) is 108. The topological polar surface area (TPSA) is 57.0 Å². The van der Waals surface area contributed by atoms with Gasteiger partial charge in [-0.05, 0) is 11.0 Å². The zero-order chi connectivity index (χ0) is 0. The van der Waals surface area contributed by atoms with Crippen LogP contribution in [0.25, 0.3) is 0 Å². The van der Waals surface area contributed by atoms with Crippen LogP contribution in [0.15, 0.2) is 0 Å². The molecule has 0 saturated carbocycles. The van der Waals surface area contributed by atoms with E-state index in [1.807, 2.05) is 0 Å². The summed E-state index contributed by atoms with van der Waals surface area (Å²) in [6.07, 6.45) is 0. The van der Waals surface area contributed by atoms with E-state index in [0.717, 1.165) is 0 Å². The van der Waals surface area contributed by atoms with Gasteiger partial charge in [0.2, 0.25) is 0 Å². The van der Waals surface area contributed by atoms with E-state index in [1.54, 1.807) is 0 Å². The van der Waals surface area contributed by atoms with E-state index in [1.165, 1.54) is 0 Å². The van der Waals surface area contributed by atoms with Gasteiger partial charge in [0.05, 0.1) is 0 Å². The molecule has 0 aromatic rings. The molecule has 0 aliphatic rings. The smallest absolute Gasteiger partial charge is 2.00 e. The second-order valence-corrected chi connectivity index (χ2v) is 0. The summed E-state index contributed by atoms with van der Waals surface area (Å²) in [5.74, 6) is 0. The van der Waals surface area contributed by atoms with Crippen molar-refractivity contribution >= 4 is 28.3 Å². The van der Waals surface area contributed by atoms with Gasteiger partial charge in [0.25, 0.3) is 0 Å². The van der Waals surface area contributed by atoms with Crippen LogP contribution in [0.4, 0.5) is 0 Å². The molecule has 0 fully saturated rings. The van der Waals surface area contributed by atoms with Crippen molar-refractivity contribution in [1.82, 2.24) is 0 Å². The Bertz CT molecular complexity index is 9.61. The van der Waals surface area contributed by atoms with Gasteiger partial charge in [-0.1, -0.05) is 0 Å². The van der Waals surface area contributed by atoms with Gasteiger partial charge in [-0.3, -0.25) is 0 Å². The van der Waals surface area contributed by atoms with Crippen LogP contribution >= 0.6 is 0 Å². The van der Waals surface area contributed by atoms with E-state index < -0.39 is 0 Å². The van der Waals surface area contributed by atoms with Crippen molar-refractivity contribution in [3.8, 4) is 0 Å². The molecule has 0 amide bonds. The Kier molecular flexibility index (Phi) is 1290. The van der Waals surface area contributed by atoms with Gasteiger partial charge in [0, 0.05) is 0 Å². The Morgan fingerprint density at radius 2 is 0.800 bits per heavy atom. The molecule has 0 atom stereocenters. The number of rotatable bonds is 0. The van der Waals surface area contributed by atoms with Crippen molar-refractivity contribution in [1.29, 1.82) is 0 Å². The Morgan fingerprint density at radius 1 is 0.800 bits per heavy atom. The van der Waals surface area contributed by atoms with Gasteiger partial charge in [0.1, 0.15) is 0 Å². The first-order valence-electron chi connectivity index (χ1n) is 0. The van der Waals surface area contributed by atoms with Crippen molar-refractivity contribution < 1.29 is 29.8 Å². The van der Waals surface area contributed by atoms with Gasteiger partial charge in [-0.15, -0.1) is 0 Å². The maximum Gasteiger partial charge on any atom is 3.00 e. The molecule has 2 nitrogen and oxygen atoms in total. The van der Waals surface area contributed by atoms with Crippen LogP contribution in [0.3, 0.4) is 0 Å². The van der Waals surface area contributed by atoms with Gasteiger partial charge in [-0.25, -0.2) is 0 Å². The van der Waals surface area contributed by atoms with E-state index in [2.05, 4.69) is 0 Å². The summed E-state index contributed by atoms with van der Waals surface area (Å²) < 4.78 is 0. The minimum Gasteiger partial charge on any atom is -2.00 e. The molecule has 0 aromatic carbocycles. The summed E-state index contributed by atoms with van der Waals surface area (Å²) in [5, 5.41) is 0. The summed E-state index contributed by atoms with van der Waals surface area (Å²) in [4.78, 5) is 0. The van der Waals surface area contributed by atoms with Crippen LogP contribution in [0.5, 0.6) is 0 Å². The van der Waals surface area contributed by atoms with E-state index in [9.17, 15) is 0 Å². The van der Waals surface area contributed by atoms with E-state index in [4.69, 9.17) is 0 Å². The molecule has 0 saturated heterocycles. The minimum atomic E-state index is 0. The fraction of sp³-hybridized carbons (Fsp3) is 0. The summed E-state index contributed by atoms with van der Waals surface area (Å²) in [6.45, 7) is 0. The molecule has 0 aliphatic carbocycles. The van der Waals surface area contributed by atoms with E-state index >= 15 is 0 Å². The molecule has 0 spiro atoms. The first-order valence-corrected chi connectivity index (χ1v) is 0. The molecule has 0 N–H and O–H groups in total. The van der Waals surface area contributed by atoms with Crippen LogP contribution in [0.2, 0.25) is 0 Å². The normalized spacial score (nSPS) is 0. The van der Waals surface area contributed by atoms with Crippen LogP contribution in [0, 0.1) is 0 Å². The Morgan fingerprint density at radius 3 is 0.800 bits per heavy atom. The molecule has 0 radical (unpaired) electrons. The second kappa shape index (κ2) is 59.8. The molecule has 24 valence electrons. The van der Waals surface area contributed by atoms with E-state index in [-0.39, 0.29) is 58.1 Å². The fourth-order valence-corrected chi connectivity index (χ4v) is 0. The van der Waals surface area contributed by atoms with Crippen molar-refractivity contribution in [2.24, 2.45) is 0 Å². The molecule has 5 heavy (non-hydrogen) atoms. The molecule has 0 unspecified atom stereocenters. The molecule has 0 rings (SSSR count). The molecule has 5 heteroatoms. The Labute approximate surface area is 58.3 Å². The number of hydrogen-bond donors (Lipinski definition) is 0. The summed E-state index contributed by atoms with van der Waals surface area (Å²) in [6, 6.07) is 0. The van der Waals surface area contributed by atoms with Crippen LogP contribution in [-0.4, -0.2) is 28.3 Å². The number of hydrogen-bond acceptors (Lipinski definition) is 0. The quantitative estimate of drug-likeness (QED) is 0.272. The predicted molar refractivity (Wildman–Crippen MR) is 18.5 cm³/mol. The van der Waals surface area contributed by atoms with Crippen molar-refractivity contribution in [3.63, 3.8) is 0 Å². The zero-order valence-corrected chi connectivity index (χ0v) is 3.55. The molecule has 0 aliphatic heterocycles. The minimum absolute atomic E-state index is 0. The molecule has 0 aromatic heterocycles. The third-order valence-corrected chi connectivity index (χ3v) is 0. The standard InChI is InChI=1S/Al.Li.2O.H4Si/h;;;;1H4/q+3;+1;2*-2;. The molecule has 0 heterocycles. The Hall–Kier alpha value is 1.27. The van der Waals surface area contributed by atoms with Crippen LogP contribution in [0.1, 0.15) is 0 Å². The summed E-state index contributed by atoms with van der Waals surface area (Å²) >= 11 is 0. The third kappa shape index (κ3) is 35.0. The first-order chi connectivity index (χ1) is 0. The van der Waals surface area contributed by atoms with Gasteiger partial charge >= 0.3 is 36.2 Å². The summed E-state index contributed by atoms with van der Waals surface area (Å²) in [5.41, 5.74) is 0. The van der Waals surface area contributed by atoms with Crippen LogP contribution < -0.4 is 18.9 Å². The molecule has 0 bridgehead atoms. The fourth-order valence-electron chi connectivity index (χ4n) is 0. The van der Waals surface area contributed by atoms with E-state index in [0.29, 0.717) is 0 Å². The third-order valence-electron chi connectivity index (χ3n) is 0. The molecular weight excluding hydrogens is 94.0 g/mol. The van der Waals surface area contributed by atoms with Crippen molar-refractivity contribution in [2.75, 3.05) is 0 Å². The van der Waals surface area contributed by atoms with Crippen molar-refractivity contribution in [2.45, 2.75) is 0 Å². The predicted octanol–water partition coefficient (Wildman–Crippen LogP) is -5.07.